The van der Waals surface area contributed by atoms with Crippen LogP contribution in [0.3, 0.4) is 0 Å². The minimum atomic E-state index is -3.94. The summed E-state index contributed by atoms with van der Waals surface area (Å²) in [7, 11) is -2.74. The van der Waals surface area contributed by atoms with Gasteiger partial charge in [-0.2, -0.15) is 9.37 Å². The van der Waals surface area contributed by atoms with Crippen LogP contribution in [-0.2, 0) is 10.0 Å². The number of aromatic nitrogens is 2. The zero-order chi connectivity index (χ0) is 15.8. The molecule has 0 aromatic carbocycles. The topological polar surface area (TPSA) is 95.4 Å². The molecule has 0 bridgehead atoms. The Morgan fingerprint density at radius 1 is 1.48 bits per heavy atom. The first-order chi connectivity index (χ1) is 9.66. The van der Waals surface area contributed by atoms with E-state index in [1.54, 1.807) is 6.92 Å². The number of halogens is 2. The largest absolute Gasteiger partial charge is 0.388 e. The lowest BCUT2D eigenvalue weighted by molar-refractivity contribution is 0.0445. The summed E-state index contributed by atoms with van der Waals surface area (Å²) in [6.45, 7) is 2.21. The average Bonchev–Trinajstić information content (AvgIpc) is 2.40. The third kappa shape index (κ3) is 3.42. The van der Waals surface area contributed by atoms with Gasteiger partial charge in [-0.25, -0.2) is 18.1 Å². The Balaban J connectivity index is 2.48. The highest BCUT2D eigenvalue weighted by atomic mass is 35.5. The molecular formula is C11H16ClFN4O3S. The molecule has 0 spiro atoms. The average molecular weight is 339 g/mol. The van der Waals surface area contributed by atoms with E-state index in [9.17, 15) is 17.9 Å². The second kappa shape index (κ2) is 5.64. The first-order valence-corrected chi connectivity index (χ1v) is 8.16. The molecule has 7 nitrogen and oxygen atoms in total. The van der Waals surface area contributed by atoms with Gasteiger partial charge in [-0.15, -0.1) is 0 Å². The summed E-state index contributed by atoms with van der Waals surface area (Å²) in [5, 5.41) is 8.90. The molecular weight excluding hydrogens is 323 g/mol. The predicted molar refractivity (Wildman–Crippen MR) is 75.3 cm³/mol. The fourth-order valence-corrected chi connectivity index (χ4v) is 3.03. The van der Waals surface area contributed by atoms with Crippen molar-refractivity contribution in [2.24, 2.45) is 0 Å². The van der Waals surface area contributed by atoms with Crippen LogP contribution in [0.2, 0.25) is 5.15 Å². The summed E-state index contributed by atoms with van der Waals surface area (Å²) in [5.41, 5.74) is -0.996. The van der Waals surface area contributed by atoms with Gasteiger partial charge in [0.05, 0.1) is 5.60 Å². The molecule has 1 aromatic heterocycles. The third-order valence-corrected chi connectivity index (χ3v) is 4.71. The molecule has 0 saturated carbocycles. The molecule has 2 heterocycles. The van der Waals surface area contributed by atoms with E-state index >= 15 is 0 Å². The minimum Gasteiger partial charge on any atom is -0.388 e. The van der Waals surface area contributed by atoms with Crippen molar-refractivity contribution in [2.75, 3.05) is 25.0 Å². The summed E-state index contributed by atoms with van der Waals surface area (Å²) in [6, 6.07) is 0. The monoisotopic (exact) mass is 338 g/mol. The van der Waals surface area contributed by atoms with Gasteiger partial charge in [0, 0.05) is 13.1 Å². The fraction of sp³-hybridized carbons (Fsp3) is 0.636. The quantitative estimate of drug-likeness (QED) is 0.616. The van der Waals surface area contributed by atoms with Gasteiger partial charge in [-0.1, -0.05) is 11.6 Å². The van der Waals surface area contributed by atoms with Gasteiger partial charge in [0.25, 0.3) is 15.2 Å². The summed E-state index contributed by atoms with van der Waals surface area (Å²) in [5.74, 6) is -1.12. The number of anilines is 1. The number of piperidine rings is 1. The van der Waals surface area contributed by atoms with Crippen LogP contribution in [0.5, 0.6) is 0 Å². The van der Waals surface area contributed by atoms with Crippen LogP contribution in [0.25, 0.3) is 0 Å². The molecule has 1 saturated heterocycles. The molecule has 118 valence electrons. The SMILES string of the molecule is CNS(=O)(=O)c1nc(Cl)c(F)c(N2CCC[C@@](C)(O)C2)n1. The predicted octanol–water partition coefficient (Wildman–Crippen LogP) is 0.528. The molecule has 2 N–H and O–H groups in total. The maximum Gasteiger partial charge on any atom is 0.276 e. The molecule has 1 aromatic rings. The number of nitrogens with one attached hydrogen (secondary N) is 1. The standard InChI is InChI=1S/C11H16ClFN4O3S/c1-11(18)4-3-5-17(6-11)9-7(13)8(12)15-10(16-9)21(19,20)14-2/h14,18H,3-6H2,1-2H3/t11-/m1/s1. The van der Waals surface area contributed by atoms with Crippen LogP contribution in [0.1, 0.15) is 19.8 Å². The number of aliphatic hydroxyl groups is 1. The number of sulfonamides is 1. The van der Waals surface area contributed by atoms with E-state index in [1.165, 1.54) is 11.9 Å². The van der Waals surface area contributed by atoms with E-state index in [1.807, 2.05) is 4.72 Å². The van der Waals surface area contributed by atoms with Crippen molar-refractivity contribution in [3.8, 4) is 0 Å². The summed E-state index contributed by atoms with van der Waals surface area (Å²) in [6.07, 6.45) is 1.20. The maximum absolute atomic E-state index is 14.1. The normalized spacial score (nSPS) is 23.4. The van der Waals surface area contributed by atoms with Crippen molar-refractivity contribution in [1.82, 2.24) is 14.7 Å². The molecule has 0 radical (unpaired) electrons. The zero-order valence-electron chi connectivity index (χ0n) is 11.6. The van der Waals surface area contributed by atoms with Crippen LogP contribution in [0.4, 0.5) is 10.2 Å². The zero-order valence-corrected chi connectivity index (χ0v) is 13.2. The van der Waals surface area contributed by atoms with Gasteiger partial charge in [0.2, 0.25) is 5.82 Å². The molecule has 1 atom stereocenters. The van der Waals surface area contributed by atoms with Crippen molar-refractivity contribution in [3.63, 3.8) is 0 Å². The Morgan fingerprint density at radius 2 is 2.14 bits per heavy atom. The lowest BCUT2D eigenvalue weighted by Crippen LogP contribution is -2.47. The van der Waals surface area contributed by atoms with Gasteiger partial charge < -0.3 is 10.0 Å². The summed E-state index contributed by atoms with van der Waals surface area (Å²) >= 11 is 5.66. The fourth-order valence-electron chi connectivity index (χ4n) is 2.21. The first-order valence-electron chi connectivity index (χ1n) is 6.30. The maximum atomic E-state index is 14.1. The van der Waals surface area contributed by atoms with Crippen LogP contribution < -0.4 is 9.62 Å². The number of nitrogens with zero attached hydrogens (tertiary/aromatic N) is 3. The molecule has 2 rings (SSSR count). The molecule has 1 aliphatic heterocycles. The van der Waals surface area contributed by atoms with Gasteiger partial charge in [0.1, 0.15) is 0 Å². The Kier molecular flexibility index (Phi) is 4.39. The van der Waals surface area contributed by atoms with Gasteiger partial charge >= 0.3 is 0 Å². The van der Waals surface area contributed by atoms with Crippen molar-refractivity contribution in [1.29, 1.82) is 0 Å². The molecule has 1 aliphatic rings. The van der Waals surface area contributed by atoms with Gasteiger partial charge in [0.15, 0.2) is 11.0 Å². The Bertz CT molecular complexity index is 653. The number of rotatable bonds is 3. The molecule has 0 amide bonds. The van der Waals surface area contributed by atoms with Crippen LogP contribution in [0, 0.1) is 5.82 Å². The lowest BCUT2D eigenvalue weighted by Gasteiger charge is -2.37. The van der Waals surface area contributed by atoms with Crippen molar-refractivity contribution >= 4 is 27.4 Å². The summed E-state index contributed by atoms with van der Waals surface area (Å²) in [4.78, 5) is 8.68. The van der Waals surface area contributed by atoms with E-state index in [4.69, 9.17) is 11.6 Å². The van der Waals surface area contributed by atoms with Gasteiger partial charge in [-0.3, -0.25) is 0 Å². The number of β-amino-alcohol motifs (C(OH)–C–C–N with tert-alkyl or cyclic N) is 1. The van der Waals surface area contributed by atoms with Crippen LogP contribution in [-0.4, -0.2) is 49.2 Å². The molecule has 21 heavy (non-hydrogen) atoms. The highest BCUT2D eigenvalue weighted by molar-refractivity contribution is 7.89. The molecule has 0 aliphatic carbocycles. The van der Waals surface area contributed by atoms with Crippen molar-refractivity contribution in [3.05, 3.63) is 11.0 Å². The minimum absolute atomic E-state index is 0.135. The number of hydrogen-bond acceptors (Lipinski definition) is 6. The summed E-state index contributed by atoms with van der Waals surface area (Å²) < 4.78 is 39.6. The van der Waals surface area contributed by atoms with Crippen LogP contribution >= 0.6 is 11.6 Å². The first kappa shape index (κ1) is 16.3. The Hall–Kier alpha value is -1.03. The van der Waals surface area contributed by atoms with Crippen molar-refractivity contribution in [2.45, 2.75) is 30.5 Å². The lowest BCUT2D eigenvalue weighted by atomic mass is 9.95. The Labute approximate surface area is 127 Å². The van der Waals surface area contributed by atoms with Crippen LogP contribution in [0.15, 0.2) is 5.16 Å². The smallest absolute Gasteiger partial charge is 0.276 e. The number of hydrogen-bond donors (Lipinski definition) is 2. The van der Waals surface area contributed by atoms with E-state index in [2.05, 4.69) is 9.97 Å². The highest BCUT2D eigenvalue weighted by Crippen LogP contribution is 2.29. The van der Waals surface area contributed by atoms with E-state index < -0.39 is 31.8 Å². The highest BCUT2D eigenvalue weighted by Gasteiger charge is 2.32. The second-order valence-electron chi connectivity index (χ2n) is 5.16. The van der Waals surface area contributed by atoms with E-state index in [0.29, 0.717) is 19.4 Å². The Morgan fingerprint density at radius 3 is 2.71 bits per heavy atom. The van der Waals surface area contributed by atoms with Gasteiger partial charge in [-0.05, 0) is 26.8 Å². The third-order valence-electron chi connectivity index (χ3n) is 3.26. The van der Waals surface area contributed by atoms with Crippen molar-refractivity contribution < 1.29 is 17.9 Å². The van der Waals surface area contributed by atoms with E-state index in [-0.39, 0.29) is 12.4 Å². The molecule has 1 fully saturated rings. The van der Waals surface area contributed by atoms with E-state index in [0.717, 1.165) is 0 Å². The molecule has 10 heteroatoms. The molecule has 0 unspecified atom stereocenters. The second-order valence-corrected chi connectivity index (χ2v) is 7.30.